The molecule has 2 aromatic carbocycles. The van der Waals surface area contributed by atoms with Gasteiger partial charge in [-0.2, -0.15) is 0 Å². The van der Waals surface area contributed by atoms with Crippen LogP contribution < -0.4 is 0 Å². The molecule has 3 aromatic rings. The molecular weight excluding hydrogens is 325 g/mol. The van der Waals surface area contributed by atoms with Gasteiger partial charge in [0.1, 0.15) is 5.82 Å². The highest BCUT2D eigenvalue weighted by atomic mass is 32.2. The molecule has 0 saturated heterocycles. The van der Waals surface area contributed by atoms with Gasteiger partial charge in [-0.1, -0.05) is 41.6 Å². The molecule has 0 aliphatic heterocycles. The van der Waals surface area contributed by atoms with Gasteiger partial charge in [-0.05, 0) is 32.0 Å². The number of nitrogens with zero attached hydrogens (tertiary/aromatic N) is 3. The van der Waals surface area contributed by atoms with E-state index in [0.717, 1.165) is 5.69 Å². The van der Waals surface area contributed by atoms with Crippen molar-refractivity contribution in [3.63, 3.8) is 0 Å². The Bertz CT molecular complexity index is 850. The smallest absolute Gasteiger partial charge is 0.127 e. The first kappa shape index (κ1) is 16.5. The minimum absolute atomic E-state index is 0.335. The molecule has 0 spiro atoms. The lowest BCUT2D eigenvalue weighted by Crippen LogP contribution is -2.11. The van der Waals surface area contributed by atoms with E-state index < -0.39 is 16.0 Å². The molecule has 1 aromatic heterocycles. The average Bonchev–Trinajstić information content (AvgIpc) is 3.11. The first-order valence-electron chi connectivity index (χ1n) is 7.69. The zero-order valence-electron chi connectivity index (χ0n) is 13.5. The first-order valence-corrected chi connectivity index (χ1v) is 8.97. The lowest BCUT2D eigenvalue weighted by molar-refractivity contribution is 0.605. The summed E-state index contributed by atoms with van der Waals surface area (Å²) in [7, 11) is -1.32. The van der Waals surface area contributed by atoms with Gasteiger partial charge >= 0.3 is 0 Å². The zero-order chi connectivity index (χ0) is 17.1. The van der Waals surface area contributed by atoms with Crippen molar-refractivity contribution in [2.45, 2.75) is 24.3 Å². The van der Waals surface area contributed by atoms with Crippen LogP contribution in [0, 0.1) is 5.82 Å². The Balaban J connectivity index is 1.82. The number of hydrogen-bond donors (Lipinski definition) is 0. The van der Waals surface area contributed by atoms with E-state index in [2.05, 4.69) is 10.3 Å². The van der Waals surface area contributed by atoms with Crippen LogP contribution in [-0.2, 0) is 10.8 Å². The highest BCUT2D eigenvalue weighted by Gasteiger charge is 2.25. The van der Waals surface area contributed by atoms with Crippen molar-refractivity contribution in [3.05, 3.63) is 77.9 Å². The first-order chi connectivity index (χ1) is 11.6. The second-order valence-corrected chi connectivity index (χ2v) is 7.63. The van der Waals surface area contributed by atoms with Crippen molar-refractivity contribution in [3.8, 4) is 5.69 Å². The quantitative estimate of drug-likeness (QED) is 0.704. The van der Waals surface area contributed by atoms with Gasteiger partial charge in [-0.15, -0.1) is 5.10 Å². The van der Waals surface area contributed by atoms with Gasteiger partial charge in [-0.25, -0.2) is 9.07 Å². The van der Waals surface area contributed by atoms with Crippen LogP contribution in [0.1, 0.15) is 35.6 Å². The van der Waals surface area contributed by atoms with Gasteiger partial charge in [0.25, 0.3) is 0 Å². The fraction of sp³-hybridized carbons (Fsp3) is 0.222. The van der Waals surface area contributed by atoms with Crippen molar-refractivity contribution >= 4 is 10.8 Å². The molecule has 3 atom stereocenters. The van der Waals surface area contributed by atoms with Gasteiger partial charge in [0, 0.05) is 16.4 Å². The van der Waals surface area contributed by atoms with E-state index in [0.29, 0.717) is 11.3 Å². The Labute approximate surface area is 142 Å². The monoisotopic (exact) mass is 343 g/mol. The third-order valence-electron chi connectivity index (χ3n) is 3.99. The maximum absolute atomic E-state index is 13.9. The molecule has 0 saturated carbocycles. The second-order valence-electron chi connectivity index (χ2n) is 5.56. The summed E-state index contributed by atoms with van der Waals surface area (Å²) in [4.78, 5) is 0. The molecule has 24 heavy (non-hydrogen) atoms. The van der Waals surface area contributed by atoms with E-state index in [-0.39, 0.29) is 11.1 Å². The molecular formula is C18H18FN3OS. The Kier molecular flexibility index (Phi) is 4.85. The van der Waals surface area contributed by atoms with Gasteiger partial charge < -0.3 is 0 Å². The van der Waals surface area contributed by atoms with E-state index >= 15 is 0 Å². The van der Waals surface area contributed by atoms with Crippen LogP contribution in [0.15, 0.2) is 60.8 Å². The minimum Gasteiger partial charge on any atom is -0.258 e. The molecule has 4 nitrogen and oxygen atoms in total. The highest BCUT2D eigenvalue weighted by molar-refractivity contribution is 7.85. The maximum atomic E-state index is 13.9. The van der Waals surface area contributed by atoms with E-state index in [1.54, 1.807) is 36.0 Å². The SMILES string of the molecule is C[C@H](c1cn(-c2ccccc2)nn1)[S@](=O)[C@@H](C)c1ccccc1F. The maximum Gasteiger partial charge on any atom is 0.127 e. The topological polar surface area (TPSA) is 47.8 Å². The van der Waals surface area contributed by atoms with Crippen LogP contribution >= 0.6 is 0 Å². The summed E-state index contributed by atoms with van der Waals surface area (Å²) < 4.78 is 28.4. The van der Waals surface area contributed by atoms with E-state index in [9.17, 15) is 8.60 Å². The molecule has 3 rings (SSSR count). The molecule has 0 N–H and O–H groups in total. The Morgan fingerprint density at radius 2 is 1.67 bits per heavy atom. The lowest BCUT2D eigenvalue weighted by atomic mass is 10.1. The van der Waals surface area contributed by atoms with Crippen molar-refractivity contribution in [2.75, 3.05) is 0 Å². The molecule has 0 fully saturated rings. The van der Waals surface area contributed by atoms with Crippen LogP contribution in [0.5, 0.6) is 0 Å². The molecule has 0 unspecified atom stereocenters. The molecule has 6 heteroatoms. The summed E-state index contributed by atoms with van der Waals surface area (Å²) in [6, 6.07) is 16.0. The molecule has 0 bridgehead atoms. The second kappa shape index (κ2) is 7.05. The molecule has 0 amide bonds. The largest absolute Gasteiger partial charge is 0.258 e. The molecule has 124 valence electrons. The van der Waals surface area contributed by atoms with Crippen molar-refractivity contribution in [1.82, 2.24) is 15.0 Å². The van der Waals surface area contributed by atoms with Crippen molar-refractivity contribution < 1.29 is 8.60 Å². The van der Waals surface area contributed by atoms with Crippen LogP contribution in [0.3, 0.4) is 0 Å². The third kappa shape index (κ3) is 3.28. The number of rotatable bonds is 5. The Morgan fingerprint density at radius 1 is 1.00 bits per heavy atom. The van der Waals surface area contributed by atoms with Crippen LogP contribution in [0.25, 0.3) is 5.69 Å². The fourth-order valence-corrected chi connectivity index (χ4v) is 3.92. The standard InChI is InChI=1S/C18H18FN3OS/c1-13(16-10-6-7-11-17(16)19)24(23)14(2)18-12-22(21-20-18)15-8-4-3-5-9-15/h3-14H,1-2H3/t13-,14+,24+/m0/s1. The molecule has 0 aliphatic carbocycles. The number of benzene rings is 2. The molecule has 0 aliphatic rings. The number of halogens is 1. The van der Waals surface area contributed by atoms with Crippen molar-refractivity contribution in [2.24, 2.45) is 0 Å². The lowest BCUT2D eigenvalue weighted by Gasteiger charge is -2.16. The number of aromatic nitrogens is 3. The van der Waals surface area contributed by atoms with E-state index in [1.807, 2.05) is 37.3 Å². The van der Waals surface area contributed by atoms with Gasteiger partial charge in [0.2, 0.25) is 0 Å². The zero-order valence-corrected chi connectivity index (χ0v) is 14.3. The van der Waals surface area contributed by atoms with Crippen LogP contribution in [-0.4, -0.2) is 19.2 Å². The summed E-state index contributed by atoms with van der Waals surface area (Å²) in [5.41, 5.74) is 1.97. The van der Waals surface area contributed by atoms with Gasteiger partial charge in [0.15, 0.2) is 0 Å². The summed E-state index contributed by atoms with van der Waals surface area (Å²) in [6.45, 7) is 3.60. The van der Waals surface area contributed by atoms with E-state index in [1.165, 1.54) is 6.07 Å². The predicted molar refractivity (Wildman–Crippen MR) is 92.7 cm³/mol. The Morgan fingerprint density at radius 3 is 2.38 bits per heavy atom. The normalized spacial score (nSPS) is 15.0. The summed E-state index contributed by atoms with van der Waals surface area (Å²) in [5.74, 6) is -0.335. The highest BCUT2D eigenvalue weighted by Crippen LogP contribution is 2.30. The average molecular weight is 343 g/mol. The number of hydrogen-bond acceptors (Lipinski definition) is 3. The summed E-state index contributed by atoms with van der Waals surface area (Å²) in [6.07, 6.45) is 1.77. The Hall–Kier alpha value is -2.34. The van der Waals surface area contributed by atoms with Crippen LogP contribution in [0.4, 0.5) is 4.39 Å². The van der Waals surface area contributed by atoms with Gasteiger partial charge in [-0.3, -0.25) is 4.21 Å². The fourth-order valence-electron chi connectivity index (χ4n) is 2.53. The van der Waals surface area contributed by atoms with Gasteiger partial charge in [0.05, 0.1) is 28.1 Å². The molecule has 0 radical (unpaired) electrons. The molecule has 1 heterocycles. The summed E-state index contributed by atoms with van der Waals surface area (Å²) >= 11 is 0. The van der Waals surface area contributed by atoms with Crippen LogP contribution in [0.2, 0.25) is 0 Å². The van der Waals surface area contributed by atoms with Crippen molar-refractivity contribution in [1.29, 1.82) is 0 Å². The minimum atomic E-state index is -1.32. The predicted octanol–water partition coefficient (Wildman–Crippen LogP) is 3.98. The number of para-hydroxylation sites is 1. The van der Waals surface area contributed by atoms with E-state index in [4.69, 9.17) is 0 Å². The summed E-state index contributed by atoms with van der Waals surface area (Å²) in [5, 5.41) is 7.46. The third-order valence-corrected chi connectivity index (χ3v) is 5.88.